The molecule has 0 saturated carbocycles. The molecule has 0 spiro atoms. The van der Waals surface area contributed by atoms with Gasteiger partial charge in [0, 0.05) is 25.6 Å². The number of halogens is 5. The van der Waals surface area contributed by atoms with Gasteiger partial charge in [0.1, 0.15) is 4.87 Å². The quantitative estimate of drug-likeness (QED) is 0.304. The Morgan fingerprint density at radius 3 is 2.42 bits per heavy atom. The summed E-state index contributed by atoms with van der Waals surface area (Å²) in [6.07, 6.45) is -3.12. The van der Waals surface area contributed by atoms with Gasteiger partial charge in [-0.1, -0.05) is 23.7 Å². The van der Waals surface area contributed by atoms with Crippen LogP contribution in [-0.4, -0.2) is 65.0 Å². The van der Waals surface area contributed by atoms with Crippen molar-refractivity contribution in [3.63, 3.8) is 0 Å². The number of carbonyl (C=O) groups is 1. The average molecular weight is 474 g/mol. The molecule has 4 rings (SSSR count). The van der Waals surface area contributed by atoms with Crippen molar-refractivity contribution in [2.75, 3.05) is 19.6 Å². The molecule has 180 valence electrons. The van der Waals surface area contributed by atoms with Gasteiger partial charge in [-0.15, -0.1) is 0 Å². The molecule has 0 aromatic heterocycles. The maximum Gasteiger partial charge on any atom is 0.416 e. The molecular weight excluding hydrogens is 449 g/mol. The normalized spacial score (nSPS) is 30.5. The standard InChI is InChI=1S/C21H25F5N5O2/c1-2-17(32)29-9-7-14-15(11-29)27-19(12-3-5-13(6-4-12)21(24,25)26)28-18(14)16-8-10-30(20(22)23)31(16)33/h2-6,14-16,18-20,27-28H,1,7-11H2/q+1. The summed E-state index contributed by atoms with van der Waals surface area (Å²) < 4.78 is 65.3. The first-order valence-electron chi connectivity index (χ1n) is 10.7. The summed E-state index contributed by atoms with van der Waals surface area (Å²) in [5.41, 5.74) is -0.272. The average Bonchev–Trinajstić information content (AvgIpc) is 3.18. The van der Waals surface area contributed by atoms with Gasteiger partial charge in [0.2, 0.25) is 5.91 Å². The lowest BCUT2D eigenvalue weighted by Gasteiger charge is -2.48. The minimum atomic E-state index is -4.47. The predicted molar refractivity (Wildman–Crippen MR) is 108 cm³/mol. The minimum absolute atomic E-state index is 0.0825. The van der Waals surface area contributed by atoms with Gasteiger partial charge in [-0.05, 0) is 36.1 Å². The van der Waals surface area contributed by atoms with E-state index < -0.39 is 36.5 Å². The summed E-state index contributed by atoms with van der Waals surface area (Å²) in [6.45, 7) is 1.25. The number of nitrogens with one attached hydrogen (secondary N) is 2. The highest BCUT2D eigenvalue weighted by molar-refractivity contribution is 5.87. The van der Waals surface area contributed by atoms with Crippen LogP contribution in [0, 0.1) is 10.8 Å². The SMILES string of the molecule is C=CC(=O)N1CCC2C(C1)NC(c1ccc(C(F)(F)F)cc1)NC2C1CCN(C(F)F)[N+]1=O. The van der Waals surface area contributed by atoms with Crippen LogP contribution in [0.4, 0.5) is 22.0 Å². The lowest BCUT2D eigenvalue weighted by atomic mass is 9.78. The Hall–Kier alpha value is -2.60. The number of likely N-dealkylation sites (tertiary alicyclic amines) is 1. The maximum atomic E-state index is 13.2. The smallest absolute Gasteiger partial charge is 0.338 e. The predicted octanol–water partition coefficient (Wildman–Crippen LogP) is 2.66. The van der Waals surface area contributed by atoms with Gasteiger partial charge in [0.15, 0.2) is 0 Å². The molecule has 7 nitrogen and oxygen atoms in total. The zero-order valence-corrected chi connectivity index (χ0v) is 17.6. The first-order chi connectivity index (χ1) is 15.6. The molecule has 1 aromatic rings. The number of amides is 1. The van der Waals surface area contributed by atoms with Crippen LogP contribution in [0.5, 0.6) is 0 Å². The summed E-state index contributed by atoms with van der Waals surface area (Å²) in [5, 5.41) is 7.11. The van der Waals surface area contributed by atoms with Crippen molar-refractivity contribution in [3.8, 4) is 0 Å². The number of piperidine rings is 1. The summed E-state index contributed by atoms with van der Waals surface area (Å²) in [4.78, 5) is 26.7. The summed E-state index contributed by atoms with van der Waals surface area (Å²) in [6, 6.07) is 3.10. The Labute approximate surface area is 187 Å². The molecule has 1 aromatic carbocycles. The van der Waals surface area contributed by atoms with Crippen LogP contribution in [0.3, 0.4) is 0 Å². The lowest BCUT2D eigenvalue weighted by Crippen LogP contribution is -2.68. The first kappa shape index (κ1) is 23.6. The van der Waals surface area contributed by atoms with Crippen molar-refractivity contribution in [2.24, 2.45) is 5.92 Å². The Bertz CT molecular complexity index is 909. The van der Waals surface area contributed by atoms with Gasteiger partial charge in [-0.2, -0.15) is 22.0 Å². The largest absolute Gasteiger partial charge is 0.416 e. The Morgan fingerprint density at radius 2 is 1.85 bits per heavy atom. The number of nitroso groups, excluding NO2 is 1. The molecule has 5 unspecified atom stereocenters. The second-order valence-electron chi connectivity index (χ2n) is 8.56. The van der Waals surface area contributed by atoms with Gasteiger partial charge in [0.05, 0.1) is 29.2 Å². The Balaban J connectivity index is 1.61. The van der Waals surface area contributed by atoms with Gasteiger partial charge in [0.25, 0.3) is 6.04 Å². The Kier molecular flexibility index (Phi) is 6.41. The highest BCUT2D eigenvalue weighted by Gasteiger charge is 2.55. The second kappa shape index (κ2) is 8.98. The van der Waals surface area contributed by atoms with Crippen molar-refractivity contribution in [1.29, 1.82) is 0 Å². The van der Waals surface area contributed by atoms with E-state index in [0.717, 1.165) is 12.1 Å². The van der Waals surface area contributed by atoms with Crippen molar-refractivity contribution in [3.05, 3.63) is 53.0 Å². The van der Waals surface area contributed by atoms with Gasteiger partial charge >= 0.3 is 12.7 Å². The molecule has 12 heteroatoms. The fourth-order valence-electron chi connectivity index (χ4n) is 5.10. The molecule has 3 aliphatic rings. The third-order valence-corrected chi connectivity index (χ3v) is 6.76. The van der Waals surface area contributed by atoms with Crippen molar-refractivity contribution in [1.82, 2.24) is 20.5 Å². The van der Waals surface area contributed by atoms with Gasteiger partial charge in [-0.25, -0.2) is 0 Å². The number of alkyl halides is 5. The monoisotopic (exact) mass is 474 g/mol. The molecule has 3 saturated heterocycles. The van der Waals surface area contributed by atoms with Crippen LogP contribution >= 0.6 is 0 Å². The number of nitrogens with zero attached hydrogens (tertiary/aromatic N) is 3. The summed E-state index contributed by atoms with van der Waals surface area (Å²) in [5.74, 6) is -0.379. The molecule has 2 N–H and O–H groups in total. The molecule has 1 amide bonds. The molecule has 0 radical (unpaired) electrons. The van der Waals surface area contributed by atoms with E-state index >= 15 is 0 Å². The maximum absolute atomic E-state index is 13.2. The highest BCUT2D eigenvalue weighted by Crippen LogP contribution is 2.35. The lowest BCUT2D eigenvalue weighted by molar-refractivity contribution is -0.732. The molecule has 3 aliphatic heterocycles. The van der Waals surface area contributed by atoms with Crippen LogP contribution < -0.4 is 10.6 Å². The first-order valence-corrected chi connectivity index (χ1v) is 10.7. The van der Waals surface area contributed by atoms with Crippen molar-refractivity contribution < 1.29 is 31.6 Å². The van der Waals surface area contributed by atoms with E-state index in [1.165, 1.54) is 18.2 Å². The number of rotatable bonds is 4. The van der Waals surface area contributed by atoms with Crippen LogP contribution in [-0.2, 0) is 11.0 Å². The topological polar surface area (TPSA) is 67.7 Å². The Morgan fingerprint density at radius 1 is 1.15 bits per heavy atom. The summed E-state index contributed by atoms with van der Waals surface area (Å²) in [7, 11) is 0. The molecule has 33 heavy (non-hydrogen) atoms. The third-order valence-electron chi connectivity index (χ3n) is 6.76. The van der Waals surface area contributed by atoms with Crippen molar-refractivity contribution >= 4 is 5.91 Å². The fraction of sp³-hybridized carbons (Fsp3) is 0.571. The fourth-order valence-corrected chi connectivity index (χ4v) is 5.10. The van der Waals surface area contributed by atoms with E-state index in [2.05, 4.69) is 17.2 Å². The van der Waals surface area contributed by atoms with E-state index in [-0.39, 0.29) is 30.8 Å². The number of carbonyl (C=O) groups excluding carboxylic acids is 1. The van der Waals surface area contributed by atoms with E-state index in [4.69, 9.17) is 0 Å². The van der Waals surface area contributed by atoms with Crippen LogP contribution in [0.25, 0.3) is 0 Å². The number of hydrogen-bond donors (Lipinski definition) is 2. The van der Waals surface area contributed by atoms with Gasteiger partial charge < -0.3 is 4.90 Å². The number of hydrogen-bond acceptors (Lipinski definition) is 4. The zero-order chi connectivity index (χ0) is 23.9. The molecule has 5 atom stereocenters. The van der Waals surface area contributed by atoms with Crippen LogP contribution in [0.1, 0.15) is 30.1 Å². The van der Waals surface area contributed by atoms with E-state index in [1.54, 1.807) is 4.90 Å². The molecule has 3 fully saturated rings. The van der Waals surface area contributed by atoms with E-state index in [0.29, 0.717) is 35.0 Å². The number of hydrazine groups is 1. The van der Waals surface area contributed by atoms with Gasteiger partial charge in [-0.3, -0.25) is 15.4 Å². The molecular formula is C21H25F5N5O2+. The second-order valence-corrected chi connectivity index (χ2v) is 8.56. The zero-order valence-electron chi connectivity index (χ0n) is 17.6. The number of benzene rings is 1. The molecule has 0 bridgehead atoms. The number of fused-ring (bicyclic) bond motifs is 1. The molecule has 0 aliphatic carbocycles. The van der Waals surface area contributed by atoms with E-state index in [1.807, 2.05) is 0 Å². The highest BCUT2D eigenvalue weighted by atomic mass is 19.4. The minimum Gasteiger partial charge on any atom is -0.338 e. The van der Waals surface area contributed by atoms with Crippen LogP contribution in [0.2, 0.25) is 0 Å². The third kappa shape index (κ3) is 4.58. The van der Waals surface area contributed by atoms with E-state index in [9.17, 15) is 31.7 Å². The summed E-state index contributed by atoms with van der Waals surface area (Å²) >= 11 is 0. The van der Waals surface area contributed by atoms with Crippen LogP contribution in [0.15, 0.2) is 36.9 Å². The van der Waals surface area contributed by atoms with Crippen molar-refractivity contribution in [2.45, 2.75) is 49.9 Å². The molecule has 3 heterocycles.